The van der Waals surface area contributed by atoms with Gasteiger partial charge in [0.15, 0.2) is 5.96 Å². The molecular weight excluding hydrogens is 396 g/mol. The summed E-state index contributed by atoms with van der Waals surface area (Å²) >= 11 is 0. The zero-order valence-corrected chi connectivity index (χ0v) is 19.0. The number of hydrogen-bond acceptors (Lipinski definition) is 3. The Balaban J connectivity index is 2.03. The molecule has 0 atom stereocenters. The van der Waals surface area contributed by atoms with Crippen LogP contribution in [0.2, 0.25) is 0 Å². The number of sulfonamides is 1. The highest BCUT2D eigenvalue weighted by molar-refractivity contribution is 7.89. The topological polar surface area (TPSA) is 96.6 Å². The van der Waals surface area contributed by atoms with Crippen molar-refractivity contribution < 1.29 is 8.42 Å². The second-order valence-electron chi connectivity index (χ2n) is 7.41. The van der Waals surface area contributed by atoms with Crippen LogP contribution in [0.25, 0.3) is 0 Å². The predicted octanol–water partition coefficient (Wildman–Crippen LogP) is 3.19. The minimum absolute atomic E-state index is 0.0210. The Labute approximate surface area is 181 Å². The molecule has 7 heteroatoms. The Bertz CT molecular complexity index is 906. The molecule has 0 bridgehead atoms. The van der Waals surface area contributed by atoms with Crippen molar-refractivity contribution in [3.8, 4) is 0 Å². The van der Waals surface area contributed by atoms with E-state index in [9.17, 15) is 8.42 Å². The second kappa shape index (κ2) is 11.1. The molecule has 2 rings (SSSR count). The van der Waals surface area contributed by atoms with Crippen LogP contribution in [0.15, 0.2) is 64.5 Å². The Hall–Kier alpha value is -2.38. The lowest BCUT2D eigenvalue weighted by Gasteiger charge is -2.31. The molecule has 4 N–H and O–H groups in total. The monoisotopic (exact) mass is 430 g/mol. The standard InChI is InChI=1S/C23H34N4O2S/c1-4-23(5-2,20-10-8-7-9-11-20)18-27-22(25-6-3)26-17-16-19-12-14-21(15-13-19)30(24,28)29/h7-15H,4-6,16-18H2,1-3H3,(H2,24,28,29)(H2,25,26,27). The molecule has 0 heterocycles. The quantitative estimate of drug-likeness (QED) is 0.398. The third-order valence-corrected chi connectivity index (χ3v) is 6.51. The van der Waals surface area contributed by atoms with Crippen LogP contribution in [0.1, 0.15) is 44.7 Å². The number of nitrogens with zero attached hydrogens (tertiary/aromatic N) is 1. The molecule has 0 saturated carbocycles. The summed E-state index contributed by atoms with van der Waals surface area (Å²) in [7, 11) is -3.66. The van der Waals surface area contributed by atoms with Gasteiger partial charge in [0.2, 0.25) is 10.0 Å². The van der Waals surface area contributed by atoms with Gasteiger partial charge in [-0.05, 0) is 49.4 Å². The van der Waals surface area contributed by atoms with E-state index in [0.29, 0.717) is 13.1 Å². The van der Waals surface area contributed by atoms with Crippen molar-refractivity contribution in [1.82, 2.24) is 10.6 Å². The fourth-order valence-corrected chi connectivity index (χ4v) is 4.02. The summed E-state index contributed by atoms with van der Waals surface area (Å²) < 4.78 is 22.7. The van der Waals surface area contributed by atoms with Crippen LogP contribution in [-0.4, -0.2) is 34.0 Å². The van der Waals surface area contributed by atoms with Crippen molar-refractivity contribution in [2.24, 2.45) is 10.1 Å². The maximum atomic E-state index is 11.4. The average molecular weight is 431 g/mol. The van der Waals surface area contributed by atoms with Crippen molar-refractivity contribution in [1.29, 1.82) is 0 Å². The molecule has 6 nitrogen and oxygen atoms in total. The average Bonchev–Trinajstić information content (AvgIpc) is 2.75. The summed E-state index contributed by atoms with van der Waals surface area (Å²) in [6.45, 7) is 8.67. The van der Waals surface area contributed by atoms with E-state index in [-0.39, 0.29) is 10.3 Å². The van der Waals surface area contributed by atoms with Crippen molar-refractivity contribution in [3.63, 3.8) is 0 Å². The summed E-state index contributed by atoms with van der Waals surface area (Å²) in [5.41, 5.74) is 2.38. The van der Waals surface area contributed by atoms with E-state index >= 15 is 0 Å². The first kappa shape index (κ1) is 23.9. The van der Waals surface area contributed by atoms with Gasteiger partial charge in [-0.25, -0.2) is 13.6 Å². The molecule has 0 aliphatic heterocycles. The number of primary sulfonamides is 1. The summed E-state index contributed by atoms with van der Waals surface area (Å²) in [6.07, 6.45) is 2.79. The van der Waals surface area contributed by atoms with E-state index in [1.807, 2.05) is 13.0 Å². The Morgan fingerprint density at radius 1 is 0.967 bits per heavy atom. The number of hydrogen-bond donors (Lipinski definition) is 3. The lowest BCUT2D eigenvalue weighted by molar-refractivity contribution is 0.407. The molecule has 0 spiro atoms. The van der Waals surface area contributed by atoms with E-state index < -0.39 is 10.0 Å². The fraction of sp³-hybridized carbons (Fsp3) is 0.435. The molecule has 0 fully saturated rings. The number of benzene rings is 2. The van der Waals surface area contributed by atoms with E-state index in [1.165, 1.54) is 5.56 Å². The second-order valence-corrected chi connectivity index (χ2v) is 8.98. The van der Waals surface area contributed by atoms with E-state index in [1.54, 1.807) is 24.3 Å². The largest absolute Gasteiger partial charge is 0.357 e. The molecule has 2 aromatic carbocycles. The highest BCUT2D eigenvalue weighted by Crippen LogP contribution is 2.31. The molecule has 0 saturated heterocycles. The lowest BCUT2D eigenvalue weighted by Crippen LogP contribution is -2.40. The maximum Gasteiger partial charge on any atom is 0.238 e. The first-order valence-electron chi connectivity index (χ1n) is 10.5. The third kappa shape index (κ3) is 6.57. The Morgan fingerprint density at radius 3 is 2.13 bits per heavy atom. The van der Waals surface area contributed by atoms with Crippen LogP contribution >= 0.6 is 0 Å². The zero-order chi connectivity index (χ0) is 22.0. The third-order valence-electron chi connectivity index (χ3n) is 5.58. The minimum atomic E-state index is -3.66. The van der Waals surface area contributed by atoms with E-state index in [0.717, 1.165) is 37.3 Å². The molecule has 0 radical (unpaired) electrons. The van der Waals surface area contributed by atoms with E-state index in [4.69, 9.17) is 10.1 Å². The van der Waals surface area contributed by atoms with Gasteiger partial charge in [-0.1, -0.05) is 56.3 Å². The van der Waals surface area contributed by atoms with Crippen LogP contribution in [0.5, 0.6) is 0 Å². The maximum absolute atomic E-state index is 11.4. The molecule has 0 unspecified atom stereocenters. The molecule has 2 aromatic rings. The number of aliphatic imine (C=N–C) groups is 1. The molecule has 30 heavy (non-hydrogen) atoms. The first-order chi connectivity index (χ1) is 14.3. The molecule has 0 amide bonds. The smallest absolute Gasteiger partial charge is 0.238 e. The summed E-state index contributed by atoms with van der Waals surface area (Å²) in [5, 5.41) is 11.8. The highest BCUT2D eigenvalue weighted by atomic mass is 32.2. The fourth-order valence-electron chi connectivity index (χ4n) is 3.51. The zero-order valence-electron chi connectivity index (χ0n) is 18.2. The van der Waals surface area contributed by atoms with E-state index in [2.05, 4.69) is 48.7 Å². The Kier molecular flexibility index (Phi) is 8.87. The van der Waals surface area contributed by atoms with Gasteiger partial charge in [0.1, 0.15) is 0 Å². The molecule has 164 valence electrons. The summed E-state index contributed by atoms with van der Waals surface area (Å²) in [4.78, 5) is 5.01. The van der Waals surface area contributed by atoms with Gasteiger partial charge in [-0.2, -0.15) is 0 Å². The number of nitrogens with two attached hydrogens (primary N) is 1. The summed E-state index contributed by atoms with van der Waals surface area (Å²) in [6, 6.07) is 17.3. The van der Waals surface area contributed by atoms with Gasteiger partial charge in [0.05, 0.1) is 11.4 Å². The predicted molar refractivity (Wildman–Crippen MR) is 124 cm³/mol. The number of nitrogens with one attached hydrogen (secondary N) is 2. The van der Waals surface area contributed by atoms with Gasteiger partial charge in [0, 0.05) is 18.5 Å². The number of guanidine groups is 1. The number of rotatable bonds is 10. The van der Waals surface area contributed by atoms with Crippen LogP contribution < -0.4 is 15.8 Å². The van der Waals surface area contributed by atoms with Crippen molar-refractivity contribution in [2.45, 2.75) is 50.3 Å². The van der Waals surface area contributed by atoms with Crippen molar-refractivity contribution >= 4 is 16.0 Å². The molecule has 0 aromatic heterocycles. The van der Waals surface area contributed by atoms with Crippen LogP contribution in [-0.2, 0) is 21.9 Å². The van der Waals surface area contributed by atoms with Crippen molar-refractivity contribution in [3.05, 3.63) is 65.7 Å². The molecular formula is C23H34N4O2S. The van der Waals surface area contributed by atoms with Gasteiger partial charge in [0.25, 0.3) is 0 Å². The van der Waals surface area contributed by atoms with Crippen LogP contribution in [0.3, 0.4) is 0 Å². The van der Waals surface area contributed by atoms with Gasteiger partial charge >= 0.3 is 0 Å². The normalized spacial score (nSPS) is 12.6. The molecule has 0 aliphatic carbocycles. The van der Waals surface area contributed by atoms with Gasteiger partial charge < -0.3 is 10.6 Å². The summed E-state index contributed by atoms with van der Waals surface area (Å²) in [5.74, 6) is 0.792. The first-order valence-corrected chi connectivity index (χ1v) is 12.1. The van der Waals surface area contributed by atoms with Crippen LogP contribution in [0.4, 0.5) is 0 Å². The van der Waals surface area contributed by atoms with Crippen molar-refractivity contribution in [2.75, 3.05) is 19.6 Å². The van der Waals surface area contributed by atoms with Gasteiger partial charge in [-0.15, -0.1) is 0 Å². The van der Waals surface area contributed by atoms with Crippen LogP contribution in [0, 0.1) is 0 Å². The Morgan fingerprint density at radius 2 is 1.60 bits per heavy atom. The lowest BCUT2D eigenvalue weighted by atomic mass is 9.76. The SMILES string of the molecule is CCNC(=NCC(CC)(CC)c1ccccc1)NCCc1ccc(S(N)(=O)=O)cc1. The van der Waals surface area contributed by atoms with Gasteiger partial charge in [-0.3, -0.25) is 4.99 Å². The highest BCUT2D eigenvalue weighted by Gasteiger charge is 2.28. The molecule has 0 aliphatic rings. The minimum Gasteiger partial charge on any atom is -0.357 e.